The van der Waals surface area contributed by atoms with Crippen LogP contribution in [0.15, 0.2) is 95.8 Å². The quantitative estimate of drug-likeness (QED) is 0.267. The second-order valence-corrected chi connectivity index (χ2v) is 10.2. The number of nitrogens with zero attached hydrogens (tertiary/aromatic N) is 3. The zero-order chi connectivity index (χ0) is 26.6. The number of amides is 1. The summed E-state index contributed by atoms with van der Waals surface area (Å²) in [7, 11) is 0. The van der Waals surface area contributed by atoms with Crippen LogP contribution in [0.5, 0.6) is 0 Å². The van der Waals surface area contributed by atoms with Gasteiger partial charge in [0, 0.05) is 16.8 Å². The molecular formula is C32H31N3O2S. The molecule has 5 nitrogen and oxygen atoms in total. The fraction of sp³-hybridized carbons (Fsp3) is 0.219. The number of carbonyl (C=O) groups excluding carboxylic acids is 1. The third-order valence-corrected chi connectivity index (χ3v) is 7.96. The number of thiophene rings is 1. The molecule has 1 amide bonds. The lowest BCUT2D eigenvalue weighted by molar-refractivity contribution is 0.0735. The smallest absolute Gasteiger partial charge is 0.264 e. The van der Waals surface area contributed by atoms with Crippen LogP contribution in [0, 0.1) is 6.92 Å². The van der Waals surface area contributed by atoms with E-state index in [9.17, 15) is 9.59 Å². The van der Waals surface area contributed by atoms with Crippen molar-refractivity contribution in [2.24, 2.45) is 0 Å². The van der Waals surface area contributed by atoms with Gasteiger partial charge in [0.25, 0.3) is 11.5 Å². The molecule has 2 aromatic heterocycles. The summed E-state index contributed by atoms with van der Waals surface area (Å²) in [4.78, 5) is 34.7. The van der Waals surface area contributed by atoms with Gasteiger partial charge in [0.2, 0.25) is 0 Å². The molecule has 6 heteroatoms. The number of rotatable bonds is 4. The summed E-state index contributed by atoms with van der Waals surface area (Å²) in [6.45, 7) is 6.73. The molecule has 0 radical (unpaired) electrons. The number of aryl methyl sites for hydroxylation is 1. The predicted molar refractivity (Wildman–Crippen MR) is 155 cm³/mol. The third-order valence-electron chi connectivity index (χ3n) is 6.86. The minimum Gasteiger partial charge on any atom is -0.332 e. The van der Waals surface area contributed by atoms with Gasteiger partial charge in [-0.2, -0.15) is 0 Å². The average molecular weight is 522 g/mol. The fourth-order valence-electron chi connectivity index (χ4n) is 5.10. The Labute approximate surface area is 227 Å². The Morgan fingerprint density at radius 2 is 1.50 bits per heavy atom. The Morgan fingerprint density at radius 3 is 2.13 bits per heavy atom. The number of benzene rings is 3. The van der Waals surface area contributed by atoms with E-state index in [1.807, 2.05) is 121 Å². The van der Waals surface area contributed by atoms with Crippen molar-refractivity contribution >= 4 is 27.3 Å². The second-order valence-electron chi connectivity index (χ2n) is 9.11. The minimum absolute atomic E-state index is 0.00284. The average Bonchev–Trinajstić information content (AvgIpc) is 3.41. The van der Waals surface area contributed by atoms with Gasteiger partial charge in [0.15, 0.2) is 0 Å². The van der Waals surface area contributed by atoms with E-state index in [0.717, 1.165) is 26.1 Å². The number of aromatic nitrogens is 2. The van der Waals surface area contributed by atoms with Gasteiger partial charge in [-0.25, -0.2) is 4.98 Å². The maximum absolute atomic E-state index is 13.9. The fourth-order valence-corrected chi connectivity index (χ4v) is 6.13. The predicted octanol–water partition coefficient (Wildman–Crippen LogP) is 6.63. The molecule has 0 unspecified atom stereocenters. The van der Waals surface area contributed by atoms with Crippen molar-refractivity contribution in [3.8, 4) is 0 Å². The summed E-state index contributed by atoms with van der Waals surface area (Å²) in [6.07, 6.45) is 0.494. The van der Waals surface area contributed by atoms with Gasteiger partial charge in [0.1, 0.15) is 5.82 Å². The topological polar surface area (TPSA) is 55.2 Å². The van der Waals surface area contributed by atoms with Crippen LogP contribution in [0.2, 0.25) is 0 Å². The SMILES string of the molecule is CC.Cc1nc2c(c(=O)n1C(c1ccccc1)c1ccccc1)CCN(C(=O)c1cc3ccccc3s1)C2. The zero-order valence-electron chi connectivity index (χ0n) is 21.9. The molecule has 0 N–H and O–H groups in total. The molecule has 0 saturated heterocycles. The first-order valence-corrected chi connectivity index (χ1v) is 13.9. The lowest BCUT2D eigenvalue weighted by Crippen LogP contribution is -2.41. The van der Waals surface area contributed by atoms with Crippen molar-refractivity contribution in [1.29, 1.82) is 0 Å². The molecular weight excluding hydrogens is 490 g/mol. The Balaban J connectivity index is 0.00000144. The van der Waals surface area contributed by atoms with Crippen molar-refractivity contribution in [2.45, 2.75) is 39.8 Å². The van der Waals surface area contributed by atoms with E-state index >= 15 is 0 Å². The summed E-state index contributed by atoms with van der Waals surface area (Å²) in [5, 5.41) is 1.08. The summed E-state index contributed by atoms with van der Waals surface area (Å²) in [5.74, 6) is 0.643. The van der Waals surface area contributed by atoms with Gasteiger partial charge >= 0.3 is 0 Å². The monoisotopic (exact) mass is 521 g/mol. The maximum Gasteiger partial charge on any atom is 0.264 e. The molecule has 0 spiro atoms. The molecule has 192 valence electrons. The number of hydrogen-bond donors (Lipinski definition) is 0. The van der Waals surface area contributed by atoms with Crippen LogP contribution in [-0.4, -0.2) is 26.9 Å². The van der Waals surface area contributed by atoms with Crippen LogP contribution in [0.25, 0.3) is 10.1 Å². The summed E-state index contributed by atoms with van der Waals surface area (Å²) in [6, 6.07) is 29.9. The summed E-state index contributed by atoms with van der Waals surface area (Å²) < 4.78 is 2.91. The molecule has 6 rings (SSSR count). The molecule has 0 fully saturated rings. The summed E-state index contributed by atoms with van der Waals surface area (Å²) in [5.41, 5.74) is 3.46. The van der Waals surface area contributed by atoms with E-state index in [4.69, 9.17) is 4.98 Å². The van der Waals surface area contributed by atoms with Gasteiger partial charge in [-0.3, -0.25) is 14.2 Å². The van der Waals surface area contributed by atoms with Crippen molar-refractivity contribution in [2.75, 3.05) is 6.54 Å². The van der Waals surface area contributed by atoms with E-state index in [1.165, 1.54) is 11.3 Å². The normalized spacial score (nSPS) is 12.7. The van der Waals surface area contributed by atoms with Crippen LogP contribution < -0.4 is 5.56 Å². The van der Waals surface area contributed by atoms with Crippen molar-refractivity contribution in [3.63, 3.8) is 0 Å². The Kier molecular flexibility index (Phi) is 7.52. The Morgan fingerprint density at radius 1 is 0.895 bits per heavy atom. The summed E-state index contributed by atoms with van der Waals surface area (Å²) >= 11 is 1.51. The minimum atomic E-state index is -0.268. The highest BCUT2D eigenvalue weighted by Gasteiger charge is 2.29. The zero-order valence-corrected chi connectivity index (χ0v) is 22.7. The first kappa shape index (κ1) is 25.6. The molecule has 3 heterocycles. The van der Waals surface area contributed by atoms with Crippen molar-refractivity contribution in [1.82, 2.24) is 14.5 Å². The molecule has 1 aliphatic heterocycles. The maximum atomic E-state index is 13.9. The van der Waals surface area contributed by atoms with Crippen LogP contribution >= 0.6 is 11.3 Å². The molecule has 0 bridgehead atoms. The van der Waals surface area contributed by atoms with Crippen LogP contribution in [-0.2, 0) is 13.0 Å². The number of carbonyl (C=O) groups is 1. The van der Waals surface area contributed by atoms with Crippen molar-refractivity contribution in [3.05, 3.63) is 134 Å². The van der Waals surface area contributed by atoms with Gasteiger partial charge in [-0.1, -0.05) is 92.7 Å². The molecule has 0 aliphatic carbocycles. The third kappa shape index (κ3) is 4.79. The number of hydrogen-bond acceptors (Lipinski definition) is 4. The first-order chi connectivity index (χ1) is 18.6. The number of fused-ring (bicyclic) bond motifs is 2. The molecule has 3 aromatic carbocycles. The highest BCUT2D eigenvalue weighted by Crippen LogP contribution is 2.29. The van der Waals surface area contributed by atoms with E-state index in [1.54, 1.807) is 0 Å². The van der Waals surface area contributed by atoms with Gasteiger partial charge in [0.05, 0.1) is 23.2 Å². The van der Waals surface area contributed by atoms with E-state index in [0.29, 0.717) is 36.6 Å². The Hall–Kier alpha value is -4.03. The molecule has 0 atom stereocenters. The molecule has 1 aliphatic rings. The largest absolute Gasteiger partial charge is 0.332 e. The van der Waals surface area contributed by atoms with E-state index in [2.05, 4.69) is 0 Å². The highest BCUT2D eigenvalue weighted by molar-refractivity contribution is 7.20. The Bertz CT molecular complexity index is 1550. The van der Waals surface area contributed by atoms with Gasteiger partial charge < -0.3 is 4.90 Å². The van der Waals surface area contributed by atoms with E-state index in [-0.39, 0.29) is 17.5 Å². The van der Waals surface area contributed by atoms with Crippen LogP contribution in [0.3, 0.4) is 0 Å². The molecule has 0 saturated carbocycles. The van der Waals surface area contributed by atoms with Crippen LogP contribution in [0.4, 0.5) is 0 Å². The van der Waals surface area contributed by atoms with Gasteiger partial charge in [-0.15, -0.1) is 11.3 Å². The lowest BCUT2D eigenvalue weighted by atomic mass is 9.97. The van der Waals surface area contributed by atoms with E-state index < -0.39 is 0 Å². The second kappa shape index (κ2) is 11.2. The van der Waals surface area contributed by atoms with Crippen LogP contribution in [0.1, 0.15) is 57.8 Å². The highest BCUT2D eigenvalue weighted by atomic mass is 32.1. The van der Waals surface area contributed by atoms with Gasteiger partial charge in [-0.05, 0) is 42.0 Å². The molecule has 38 heavy (non-hydrogen) atoms. The van der Waals surface area contributed by atoms with Crippen molar-refractivity contribution < 1.29 is 4.79 Å². The standard InChI is InChI=1S/C30H25N3O2S.C2H6/c1-20-31-25-19-32(30(35)27-18-23-14-8-9-15-26(23)36-27)17-16-24(25)29(34)33(20)28(21-10-4-2-5-11-21)22-12-6-3-7-13-22;1-2/h2-15,18,28H,16-17,19H2,1H3;1-2H3. The first-order valence-electron chi connectivity index (χ1n) is 13.1. The molecule has 5 aromatic rings. The lowest BCUT2D eigenvalue weighted by Gasteiger charge is -2.30.